The highest BCUT2D eigenvalue weighted by Gasteiger charge is 2.17. The van der Waals surface area contributed by atoms with Gasteiger partial charge >= 0.3 is 0 Å². The van der Waals surface area contributed by atoms with Crippen LogP contribution in [0.3, 0.4) is 0 Å². The molecule has 144 valence electrons. The van der Waals surface area contributed by atoms with Crippen LogP contribution in [0.1, 0.15) is 42.6 Å². The van der Waals surface area contributed by atoms with Crippen LogP contribution in [-0.2, 0) is 18.4 Å². The van der Waals surface area contributed by atoms with Gasteiger partial charge in [-0.1, -0.05) is 32.9 Å². The predicted molar refractivity (Wildman–Crippen MR) is 119 cm³/mol. The summed E-state index contributed by atoms with van der Waals surface area (Å²) < 4.78 is 13.3. The molecule has 0 spiro atoms. The highest BCUT2D eigenvalue weighted by atomic mass is 127. The Balaban J connectivity index is 0.00000338. The third-order valence-corrected chi connectivity index (χ3v) is 4.77. The fourth-order valence-corrected chi connectivity index (χ4v) is 3.31. The van der Waals surface area contributed by atoms with E-state index in [-0.39, 0.29) is 35.2 Å². The molecule has 0 fully saturated rings. The Morgan fingerprint density at radius 1 is 1.27 bits per heavy atom. The number of aliphatic imine (C=N–C) groups is 1. The maximum atomic E-state index is 13.3. The number of hydrogen-bond acceptors (Lipinski definition) is 3. The van der Waals surface area contributed by atoms with Gasteiger partial charge < -0.3 is 10.6 Å². The van der Waals surface area contributed by atoms with Crippen LogP contribution in [-0.4, -0.2) is 24.5 Å². The molecular weight excluding hydrogens is 462 g/mol. The molecule has 4 nitrogen and oxygen atoms in total. The molecule has 0 aliphatic carbocycles. The average molecular weight is 490 g/mol. The third-order valence-electron chi connectivity index (χ3n) is 3.86. The first-order valence-corrected chi connectivity index (χ1v) is 9.32. The summed E-state index contributed by atoms with van der Waals surface area (Å²) in [6.07, 6.45) is 0.858. The summed E-state index contributed by atoms with van der Waals surface area (Å²) in [6, 6.07) is 5.13. The van der Waals surface area contributed by atoms with Crippen LogP contribution in [0, 0.1) is 12.7 Å². The van der Waals surface area contributed by atoms with Gasteiger partial charge in [-0.3, -0.25) is 4.99 Å². The number of hydrogen-bond donors (Lipinski definition) is 2. The number of halogens is 2. The molecule has 2 aromatic rings. The number of benzene rings is 1. The summed E-state index contributed by atoms with van der Waals surface area (Å²) in [5.74, 6) is 0.555. The van der Waals surface area contributed by atoms with Gasteiger partial charge in [0.2, 0.25) is 0 Å². The van der Waals surface area contributed by atoms with Crippen LogP contribution in [0.15, 0.2) is 28.6 Å². The van der Waals surface area contributed by atoms with Crippen molar-refractivity contribution in [3.05, 3.63) is 51.2 Å². The van der Waals surface area contributed by atoms with Gasteiger partial charge in [0, 0.05) is 37.4 Å². The molecule has 0 aliphatic rings. The summed E-state index contributed by atoms with van der Waals surface area (Å²) in [6.45, 7) is 9.66. The Morgan fingerprint density at radius 3 is 2.58 bits per heavy atom. The molecule has 0 radical (unpaired) electrons. The van der Waals surface area contributed by atoms with Gasteiger partial charge in [0.1, 0.15) is 5.82 Å². The summed E-state index contributed by atoms with van der Waals surface area (Å²) in [7, 11) is 1.74. The first kappa shape index (κ1) is 22.8. The lowest BCUT2D eigenvalue weighted by atomic mass is 9.93. The lowest BCUT2D eigenvalue weighted by Gasteiger charge is -2.14. The SMILES string of the molecule is CN=C(NCCc1nc(C(C)(C)C)cs1)NCc1ccc(F)c(C)c1.I. The highest BCUT2D eigenvalue weighted by Crippen LogP contribution is 2.23. The topological polar surface area (TPSA) is 49.3 Å². The van der Waals surface area contributed by atoms with Crippen LogP contribution >= 0.6 is 35.3 Å². The molecule has 26 heavy (non-hydrogen) atoms. The number of aryl methyl sites for hydroxylation is 1. The molecule has 0 saturated heterocycles. The number of thiazole rings is 1. The Hall–Kier alpha value is -1.22. The molecule has 7 heteroatoms. The van der Waals surface area contributed by atoms with E-state index in [1.807, 2.05) is 6.07 Å². The molecule has 0 saturated carbocycles. The van der Waals surface area contributed by atoms with E-state index in [9.17, 15) is 4.39 Å². The minimum absolute atomic E-state index is 0. The van der Waals surface area contributed by atoms with E-state index in [4.69, 9.17) is 4.98 Å². The fraction of sp³-hybridized carbons (Fsp3) is 0.474. The second-order valence-corrected chi connectivity index (χ2v) is 8.01. The van der Waals surface area contributed by atoms with Gasteiger partial charge in [0.15, 0.2) is 5.96 Å². The minimum atomic E-state index is -0.177. The summed E-state index contributed by atoms with van der Waals surface area (Å²) in [5, 5.41) is 9.81. The van der Waals surface area contributed by atoms with Crippen molar-refractivity contribution in [2.24, 2.45) is 4.99 Å². The first-order chi connectivity index (χ1) is 11.8. The van der Waals surface area contributed by atoms with Crippen molar-refractivity contribution in [1.29, 1.82) is 0 Å². The Labute approximate surface area is 176 Å². The standard InChI is InChI=1S/C19H27FN4S.HI/c1-13-10-14(6-7-15(13)20)11-23-18(21-5)22-9-8-17-24-16(12-25-17)19(2,3)4;/h6-7,10,12H,8-9,11H2,1-5H3,(H2,21,22,23);1H. The minimum Gasteiger partial charge on any atom is -0.356 e. The number of nitrogens with zero attached hydrogens (tertiary/aromatic N) is 2. The monoisotopic (exact) mass is 490 g/mol. The Bertz CT molecular complexity index is 737. The van der Waals surface area contributed by atoms with E-state index in [2.05, 4.69) is 41.8 Å². The maximum absolute atomic E-state index is 13.3. The van der Waals surface area contributed by atoms with E-state index >= 15 is 0 Å². The van der Waals surface area contributed by atoms with Crippen LogP contribution in [0.5, 0.6) is 0 Å². The van der Waals surface area contributed by atoms with Gasteiger partial charge in [-0.05, 0) is 24.1 Å². The normalized spacial score (nSPS) is 11.8. The summed E-state index contributed by atoms with van der Waals surface area (Å²) in [4.78, 5) is 8.92. The Kier molecular flexibility index (Phi) is 8.95. The van der Waals surface area contributed by atoms with E-state index in [0.29, 0.717) is 12.1 Å². The van der Waals surface area contributed by atoms with Gasteiger partial charge in [-0.25, -0.2) is 9.37 Å². The molecule has 0 amide bonds. The predicted octanol–water partition coefficient (Wildman–Crippen LogP) is 4.41. The second-order valence-electron chi connectivity index (χ2n) is 7.06. The van der Waals surface area contributed by atoms with Gasteiger partial charge in [0.25, 0.3) is 0 Å². The van der Waals surface area contributed by atoms with Crippen molar-refractivity contribution < 1.29 is 4.39 Å². The molecular formula is C19H28FIN4S. The van der Waals surface area contributed by atoms with Crippen molar-refractivity contribution in [1.82, 2.24) is 15.6 Å². The molecule has 1 aromatic heterocycles. The molecule has 1 heterocycles. The zero-order valence-electron chi connectivity index (χ0n) is 16.0. The lowest BCUT2D eigenvalue weighted by molar-refractivity contribution is 0.570. The molecule has 2 rings (SSSR count). The van der Waals surface area contributed by atoms with E-state index in [0.717, 1.165) is 35.2 Å². The number of nitrogens with one attached hydrogen (secondary N) is 2. The number of aromatic nitrogens is 1. The summed E-state index contributed by atoms with van der Waals surface area (Å²) in [5.41, 5.74) is 2.91. The van der Waals surface area contributed by atoms with Crippen LogP contribution < -0.4 is 10.6 Å². The lowest BCUT2D eigenvalue weighted by Crippen LogP contribution is -2.37. The molecule has 1 aromatic carbocycles. The van der Waals surface area contributed by atoms with E-state index in [1.54, 1.807) is 31.4 Å². The quantitative estimate of drug-likeness (QED) is 0.371. The van der Waals surface area contributed by atoms with E-state index in [1.165, 1.54) is 6.07 Å². The zero-order chi connectivity index (χ0) is 18.4. The van der Waals surface area contributed by atoms with Gasteiger partial charge in [0.05, 0.1) is 10.7 Å². The smallest absolute Gasteiger partial charge is 0.191 e. The van der Waals surface area contributed by atoms with Crippen molar-refractivity contribution in [3.8, 4) is 0 Å². The molecule has 2 N–H and O–H groups in total. The highest BCUT2D eigenvalue weighted by molar-refractivity contribution is 14.0. The van der Waals surface area contributed by atoms with Gasteiger partial charge in [-0.15, -0.1) is 35.3 Å². The summed E-state index contributed by atoms with van der Waals surface area (Å²) >= 11 is 1.70. The average Bonchev–Trinajstić information content (AvgIpc) is 3.03. The second kappa shape index (κ2) is 10.2. The number of rotatable bonds is 5. The molecule has 0 atom stereocenters. The van der Waals surface area contributed by atoms with Gasteiger partial charge in [-0.2, -0.15) is 0 Å². The first-order valence-electron chi connectivity index (χ1n) is 8.44. The van der Waals surface area contributed by atoms with Crippen LogP contribution in [0.25, 0.3) is 0 Å². The molecule has 0 bridgehead atoms. The maximum Gasteiger partial charge on any atom is 0.191 e. The molecule has 0 unspecified atom stereocenters. The van der Waals surface area contributed by atoms with Crippen molar-refractivity contribution in [2.45, 2.75) is 46.1 Å². The van der Waals surface area contributed by atoms with Crippen molar-refractivity contribution in [2.75, 3.05) is 13.6 Å². The van der Waals surface area contributed by atoms with Crippen molar-refractivity contribution in [3.63, 3.8) is 0 Å². The Morgan fingerprint density at radius 2 is 2.00 bits per heavy atom. The van der Waals surface area contributed by atoms with Crippen LogP contribution in [0.2, 0.25) is 0 Å². The zero-order valence-corrected chi connectivity index (χ0v) is 19.2. The fourth-order valence-electron chi connectivity index (χ4n) is 2.28. The van der Waals surface area contributed by atoms with Crippen molar-refractivity contribution >= 4 is 41.3 Å². The van der Waals surface area contributed by atoms with Crippen LogP contribution in [0.4, 0.5) is 4.39 Å². The largest absolute Gasteiger partial charge is 0.356 e. The number of guanidine groups is 1. The van der Waals surface area contributed by atoms with E-state index < -0.39 is 0 Å². The third kappa shape index (κ3) is 6.83. The molecule has 0 aliphatic heterocycles.